The molecule has 1 aromatic carbocycles. The van der Waals surface area contributed by atoms with Crippen molar-refractivity contribution in [2.24, 2.45) is 0 Å². The maximum atomic E-state index is 13.2. The van der Waals surface area contributed by atoms with Crippen molar-refractivity contribution in [2.75, 3.05) is 13.7 Å². The molecule has 0 saturated heterocycles. The first-order valence-electron chi connectivity index (χ1n) is 8.68. The van der Waals surface area contributed by atoms with Crippen LogP contribution >= 0.6 is 0 Å². The molecule has 0 N–H and O–H groups in total. The number of carbonyl (C=O) groups excluding carboxylic acids is 1. The van der Waals surface area contributed by atoms with Gasteiger partial charge in [0.25, 0.3) is 0 Å². The summed E-state index contributed by atoms with van der Waals surface area (Å²) in [4.78, 5) is 12.6. The molecule has 0 radical (unpaired) electrons. The number of halogens is 2. The Kier molecular flexibility index (Phi) is 10.1. The number of unbranched alkanes of at least 4 members (excludes halogenated alkanes) is 4. The van der Waals surface area contributed by atoms with Crippen LogP contribution in [0.2, 0.25) is 0 Å². The fraction of sp³-hybridized carbons (Fsp3) is 0.450. The molecule has 0 aliphatic rings. The van der Waals surface area contributed by atoms with Gasteiger partial charge < -0.3 is 9.47 Å². The van der Waals surface area contributed by atoms with Crippen LogP contribution in [0.5, 0.6) is 11.5 Å². The number of allylic oxidation sites excluding steroid dienone is 2. The van der Waals surface area contributed by atoms with Crippen LogP contribution in [0.4, 0.5) is 13.6 Å². The number of hydrogen-bond acceptors (Lipinski definition) is 3. The second-order valence-electron chi connectivity index (χ2n) is 5.81. The fourth-order valence-corrected chi connectivity index (χ4v) is 2.44. The maximum absolute atomic E-state index is 13.2. The fourth-order valence-electron chi connectivity index (χ4n) is 2.44. The predicted octanol–water partition coefficient (Wildman–Crippen LogP) is 5.58. The number of nitrogens with zero attached hydrogens (tertiary/aromatic N) is 1. The average Bonchev–Trinajstić information content (AvgIpc) is 2.62. The van der Waals surface area contributed by atoms with Crippen LogP contribution in [-0.4, -0.2) is 31.2 Å². The van der Waals surface area contributed by atoms with Gasteiger partial charge in [-0.05, 0) is 43.4 Å². The lowest BCUT2D eigenvalue weighted by Crippen LogP contribution is -2.38. The average molecular weight is 367 g/mol. The molecule has 0 fully saturated rings. The van der Waals surface area contributed by atoms with Crippen molar-refractivity contribution in [3.05, 3.63) is 49.1 Å². The molecule has 4 nitrogen and oxygen atoms in total. The normalized spacial score (nSPS) is 10.5. The maximum Gasteiger partial charge on any atom is 0.419 e. The molecule has 1 rings (SSSR count). The number of rotatable bonds is 12. The smallest absolute Gasteiger partial charge is 0.419 e. The molecule has 0 unspecified atom stereocenters. The summed E-state index contributed by atoms with van der Waals surface area (Å²) in [7, 11) is 1.43. The lowest BCUT2D eigenvalue weighted by molar-refractivity contribution is -0.0124. The van der Waals surface area contributed by atoms with E-state index in [1.165, 1.54) is 13.2 Å². The molecule has 0 aliphatic carbocycles. The Bertz CT molecular complexity index is 590. The van der Waals surface area contributed by atoms with Crippen LogP contribution in [0, 0.1) is 0 Å². The minimum atomic E-state index is -2.92. The molecule has 0 spiro atoms. The first kappa shape index (κ1) is 21.7. The highest BCUT2D eigenvalue weighted by atomic mass is 19.3. The summed E-state index contributed by atoms with van der Waals surface area (Å²) in [5.74, 6) is 0.429. The number of benzene rings is 1. The van der Waals surface area contributed by atoms with Gasteiger partial charge >= 0.3 is 12.6 Å². The van der Waals surface area contributed by atoms with Crippen molar-refractivity contribution >= 4 is 6.09 Å². The van der Waals surface area contributed by atoms with Gasteiger partial charge in [0.2, 0.25) is 0 Å². The van der Waals surface area contributed by atoms with E-state index in [1.54, 1.807) is 18.2 Å². The lowest BCUT2D eigenvalue weighted by atomic mass is 10.1. The van der Waals surface area contributed by atoms with Gasteiger partial charge in [0.1, 0.15) is 0 Å². The molecular formula is C20H27F2NO3. The molecule has 6 heteroatoms. The van der Waals surface area contributed by atoms with Gasteiger partial charge in [-0.2, -0.15) is 8.78 Å². The van der Waals surface area contributed by atoms with E-state index in [0.29, 0.717) is 23.5 Å². The van der Waals surface area contributed by atoms with Gasteiger partial charge in [-0.15, -0.1) is 13.2 Å². The Morgan fingerprint density at radius 2 is 1.88 bits per heavy atom. The van der Waals surface area contributed by atoms with Crippen molar-refractivity contribution < 1.29 is 23.0 Å². The summed E-state index contributed by atoms with van der Waals surface area (Å²) in [6, 6.07) is 4.96. The molecule has 0 atom stereocenters. The molecule has 0 heterocycles. The van der Waals surface area contributed by atoms with Crippen LogP contribution in [0.3, 0.4) is 0 Å². The summed E-state index contributed by atoms with van der Waals surface area (Å²) in [5, 5.41) is 0. The quantitative estimate of drug-likeness (QED) is 0.275. The monoisotopic (exact) mass is 367 g/mol. The Morgan fingerprint density at radius 1 is 1.15 bits per heavy atom. The highest BCUT2D eigenvalue weighted by Crippen LogP contribution is 2.29. The van der Waals surface area contributed by atoms with E-state index in [9.17, 15) is 13.6 Å². The van der Waals surface area contributed by atoms with Crippen LogP contribution in [0.25, 0.3) is 0 Å². The number of carbonyl (C=O) groups is 1. The zero-order chi connectivity index (χ0) is 19.4. The predicted molar refractivity (Wildman–Crippen MR) is 98.9 cm³/mol. The molecule has 0 saturated carbocycles. The topological polar surface area (TPSA) is 38.8 Å². The molecule has 0 aliphatic heterocycles. The van der Waals surface area contributed by atoms with Crippen LogP contribution < -0.4 is 9.47 Å². The van der Waals surface area contributed by atoms with E-state index in [0.717, 1.165) is 31.2 Å². The summed E-state index contributed by atoms with van der Waals surface area (Å²) < 4.78 is 36.7. The molecule has 26 heavy (non-hydrogen) atoms. The van der Waals surface area contributed by atoms with E-state index in [4.69, 9.17) is 9.47 Å². The van der Waals surface area contributed by atoms with E-state index < -0.39 is 12.6 Å². The first-order chi connectivity index (χ1) is 12.5. The SMILES string of the molecule is C=CCCCCCCN(C(=O)Oc1ccc(CC=C)cc1OC)C(F)F. The Hall–Kier alpha value is -2.37. The van der Waals surface area contributed by atoms with Gasteiger partial charge in [-0.3, -0.25) is 4.90 Å². The van der Waals surface area contributed by atoms with Crippen molar-refractivity contribution in [1.82, 2.24) is 4.90 Å². The van der Waals surface area contributed by atoms with Crippen LogP contribution in [0.1, 0.15) is 37.7 Å². The Labute approximate surface area is 154 Å². The second kappa shape index (κ2) is 12.1. The van der Waals surface area contributed by atoms with Gasteiger partial charge in [0.15, 0.2) is 11.5 Å². The second-order valence-corrected chi connectivity index (χ2v) is 5.81. The van der Waals surface area contributed by atoms with Crippen LogP contribution in [-0.2, 0) is 6.42 Å². The van der Waals surface area contributed by atoms with E-state index in [-0.39, 0.29) is 12.3 Å². The van der Waals surface area contributed by atoms with Crippen LogP contribution in [0.15, 0.2) is 43.5 Å². The molecule has 0 bridgehead atoms. The molecule has 144 valence electrons. The van der Waals surface area contributed by atoms with Crippen molar-refractivity contribution in [1.29, 1.82) is 0 Å². The summed E-state index contributed by atoms with van der Waals surface area (Å²) in [6.45, 7) is 4.33. The zero-order valence-electron chi connectivity index (χ0n) is 15.3. The number of hydrogen-bond donors (Lipinski definition) is 0. The highest BCUT2D eigenvalue weighted by molar-refractivity contribution is 5.71. The lowest BCUT2D eigenvalue weighted by Gasteiger charge is -2.21. The standard InChI is InChI=1S/C20H27F2NO3/c1-4-6-7-8-9-10-14-23(19(21)22)20(24)26-17-13-12-16(11-5-2)15-18(17)25-3/h4-5,12-13,15,19H,1-2,6-11,14H2,3H3. The van der Waals surface area contributed by atoms with Crippen molar-refractivity contribution in [3.63, 3.8) is 0 Å². The van der Waals surface area contributed by atoms with E-state index >= 15 is 0 Å². The third kappa shape index (κ3) is 7.25. The van der Waals surface area contributed by atoms with Gasteiger partial charge in [0.05, 0.1) is 7.11 Å². The summed E-state index contributed by atoms with van der Waals surface area (Å²) >= 11 is 0. The number of methoxy groups -OCH3 is 1. The van der Waals surface area contributed by atoms with E-state index in [1.807, 2.05) is 6.08 Å². The first-order valence-corrected chi connectivity index (χ1v) is 8.68. The largest absolute Gasteiger partial charge is 0.493 e. The van der Waals surface area contributed by atoms with Gasteiger partial charge in [-0.1, -0.05) is 31.1 Å². The minimum absolute atomic E-state index is 0.0541. The molecule has 1 aromatic rings. The van der Waals surface area contributed by atoms with Gasteiger partial charge in [0, 0.05) is 6.54 Å². The minimum Gasteiger partial charge on any atom is -0.493 e. The number of ether oxygens (including phenoxy) is 2. The highest BCUT2D eigenvalue weighted by Gasteiger charge is 2.25. The number of alkyl halides is 2. The molecule has 0 aromatic heterocycles. The molecular weight excluding hydrogens is 340 g/mol. The third-order valence-corrected chi connectivity index (χ3v) is 3.83. The van der Waals surface area contributed by atoms with Crippen molar-refractivity contribution in [3.8, 4) is 11.5 Å². The zero-order valence-corrected chi connectivity index (χ0v) is 15.3. The number of amides is 1. The summed E-state index contributed by atoms with van der Waals surface area (Å²) in [6.07, 6.45) is 7.15. The third-order valence-electron chi connectivity index (χ3n) is 3.83. The molecule has 1 amide bonds. The Balaban J connectivity index is 2.66. The Morgan fingerprint density at radius 3 is 2.50 bits per heavy atom. The van der Waals surface area contributed by atoms with E-state index in [2.05, 4.69) is 13.2 Å². The van der Waals surface area contributed by atoms with Crippen molar-refractivity contribution in [2.45, 2.75) is 45.1 Å². The summed E-state index contributed by atoms with van der Waals surface area (Å²) in [5.41, 5.74) is 0.918. The van der Waals surface area contributed by atoms with Gasteiger partial charge in [-0.25, -0.2) is 4.79 Å².